The third-order valence-electron chi connectivity index (χ3n) is 5.89. The van der Waals surface area contributed by atoms with E-state index in [1.807, 2.05) is 6.20 Å². The van der Waals surface area contributed by atoms with Gasteiger partial charge in [-0.1, -0.05) is 43.9 Å². The molecule has 0 aliphatic rings. The van der Waals surface area contributed by atoms with Crippen LogP contribution in [0.25, 0.3) is 38.1 Å². The molecule has 0 atom stereocenters. The van der Waals surface area contributed by atoms with E-state index in [4.69, 9.17) is 4.98 Å². The minimum Gasteiger partial charge on any atom is -0.313 e. The molecular formula is C24H24N2Si. The predicted octanol–water partition coefficient (Wildman–Crippen LogP) is 5.96. The van der Waals surface area contributed by atoms with Crippen LogP contribution in [-0.4, -0.2) is 17.5 Å². The van der Waals surface area contributed by atoms with Crippen molar-refractivity contribution in [1.29, 1.82) is 0 Å². The molecule has 0 N–H and O–H groups in total. The van der Waals surface area contributed by atoms with Crippen molar-refractivity contribution in [3.05, 3.63) is 66.0 Å². The van der Waals surface area contributed by atoms with Gasteiger partial charge in [-0.2, -0.15) is 0 Å². The van der Waals surface area contributed by atoms with Crippen molar-refractivity contribution in [2.75, 3.05) is 0 Å². The highest BCUT2D eigenvalue weighted by molar-refractivity contribution is 6.90. The number of hydrogen-bond donors (Lipinski definition) is 0. The van der Waals surface area contributed by atoms with Gasteiger partial charge in [-0.3, -0.25) is 4.98 Å². The lowest BCUT2D eigenvalue weighted by Gasteiger charge is -2.19. The summed E-state index contributed by atoms with van der Waals surface area (Å²) >= 11 is 0. The van der Waals surface area contributed by atoms with Crippen molar-refractivity contribution < 1.29 is 0 Å². The van der Waals surface area contributed by atoms with E-state index >= 15 is 0 Å². The lowest BCUT2D eigenvalue weighted by atomic mass is 10.0. The van der Waals surface area contributed by atoms with Gasteiger partial charge in [0.2, 0.25) is 0 Å². The maximum Gasteiger partial charge on any atom is 0.0816 e. The highest BCUT2D eigenvalue weighted by atomic mass is 28.3. The van der Waals surface area contributed by atoms with Crippen LogP contribution >= 0.6 is 0 Å². The number of nitrogens with zero attached hydrogens (tertiary/aromatic N) is 2. The number of aryl methyl sites for hydroxylation is 1. The number of hydrogen-bond acceptors (Lipinski definition) is 1. The molecule has 2 nitrogen and oxygen atoms in total. The Bertz CT molecular complexity index is 1370. The zero-order valence-electron chi connectivity index (χ0n) is 16.6. The van der Waals surface area contributed by atoms with Gasteiger partial charge < -0.3 is 4.40 Å². The first-order valence-corrected chi connectivity index (χ1v) is 13.1. The van der Waals surface area contributed by atoms with E-state index in [-0.39, 0.29) is 0 Å². The van der Waals surface area contributed by atoms with E-state index in [0.29, 0.717) is 0 Å². The Morgan fingerprint density at radius 3 is 2.26 bits per heavy atom. The Balaban J connectivity index is 2.17. The van der Waals surface area contributed by atoms with Crippen LogP contribution < -0.4 is 5.19 Å². The Morgan fingerprint density at radius 1 is 0.852 bits per heavy atom. The standard InChI is InChI=1S/C24H24N2Si/c1-15-16(2)26-21-14-18-10-7-6-9-17(18)13-20(21)22-19(11-8-12-25-22)23(26)24(15)27(3,4)5/h6-14H,1-5H3. The summed E-state index contributed by atoms with van der Waals surface area (Å²) in [5.74, 6) is 0. The summed E-state index contributed by atoms with van der Waals surface area (Å²) < 4.78 is 2.49. The van der Waals surface area contributed by atoms with E-state index in [2.05, 4.69) is 86.4 Å². The number of aromatic nitrogens is 2. The molecule has 2 aromatic carbocycles. The van der Waals surface area contributed by atoms with Gasteiger partial charge in [-0.25, -0.2) is 0 Å². The Kier molecular flexibility index (Phi) is 3.32. The van der Waals surface area contributed by atoms with Crippen molar-refractivity contribution in [2.24, 2.45) is 0 Å². The molecule has 0 fully saturated rings. The molecule has 0 unspecified atom stereocenters. The largest absolute Gasteiger partial charge is 0.313 e. The third-order valence-corrected chi connectivity index (χ3v) is 8.00. The van der Waals surface area contributed by atoms with Crippen LogP contribution in [0.3, 0.4) is 0 Å². The summed E-state index contributed by atoms with van der Waals surface area (Å²) in [4.78, 5) is 4.83. The lowest BCUT2D eigenvalue weighted by molar-refractivity contribution is 1.15. The smallest absolute Gasteiger partial charge is 0.0816 e. The second-order valence-electron chi connectivity index (χ2n) is 8.64. The van der Waals surface area contributed by atoms with Crippen LogP contribution in [0.15, 0.2) is 54.7 Å². The van der Waals surface area contributed by atoms with E-state index in [1.54, 1.807) is 5.19 Å². The van der Waals surface area contributed by atoms with Crippen molar-refractivity contribution >= 4 is 51.4 Å². The number of rotatable bonds is 1. The molecule has 3 aromatic heterocycles. The van der Waals surface area contributed by atoms with E-state index < -0.39 is 8.07 Å². The lowest BCUT2D eigenvalue weighted by Crippen LogP contribution is -2.39. The molecular weight excluding hydrogens is 344 g/mol. The Hall–Kier alpha value is -2.65. The first-order valence-electron chi connectivity index (χ1n) is 9.59. The average molecular weight is 369 g/mol. The fourth-order valence-electron chi connectivity index (χ4n) is 4.69. The number of pyridine rings is 2. The van der Waals surface area contributed by atoms with Gasteiger partial charge in [-0.05, 0) is 59.6 Å². The Labute approximate surface area is 160 Å². The van der Waals surface area contributed by atoms with Crippen molar-refractivity contribution in [3.63, 3.8) is 0 Å². The van der Waals surface area contributed by atoms with E-state index in [1.165, 1.54) is 43.8 Å². The summed E-state index contributed by atoms with van der Waals surface area (Å²) in [5.41, 5.74) is 6.55. The molecule has 0 amide bonds. The molecule has 0 spiro atoms. The number of benzene rings is 2. The molecule has 3 heterocycles. The summed E-state index contributed by atoms with van der Waals surface area (Å²) in [6, 6.07) is 17.6. The highest BCUT2D eigenvalue weighted by Crippen LogP contribution is 2.34. The van der Waals surface area contributed by atoms with E-state index in [9.17, 15) is 0 Å². The molecule has 3 heteroatoms. The van der Waals surface area contributed by atoms with Gasteiger partial charge in [0.1, 0.15) is 0 Å². The topological polar surface area (TPSA) is 17.3 Å². The first-order chi connectivity index (χ1) is 12.9. The molecule has 27 heavy (non-hydrogen) atoms. The SMILES string of the molecule is Cc1c([Si](C)(C)C)c2c3cccnc3c3cc4ccccc4cc3n2c1C. The normalized spacial score (nSPS) is 12.6. The van der Waals surface area contributed by atoms with Gasteiger partial charge in [0.15, 0.2) is 0 Å². The summed E-state index contributed by atoms with van der Waals surface area (Å²) in [6.07, 6.45) is 1.92. The van der Waals surface area contributed by atoms with Crippen LogP contribution in [0.1, 0.15) is 11.3 Å². The molecule has 134 valence electrons. The fourth-order valence-corrected chi connectivity index (χ4v) is 6.96. The molecule has 5 rings (SSSR count). The summed E-state index contributed by atoms with van der Waals surface area (Å²) in [5, 5.41) is 6.61. The highest BCUT2D eigenvalue weighted by Gasteiger charge is 2.27. The maximum atomic E-state index is 4.83. The minimum atomic E-state index is -1.53. The summed E-state index contributed by atoms with van der Waals surface area (Å²) in [6.45, 7) is 11.9. The molecule has 0 bridgehead atoms. The maximum absolute atomic E-state index is 4.83. The van der Waals surface area contributed by atoms with Crippen molar-refractivity contribution in [1.82, 2.24) is 9.38 Å². The average Bonchev–Trinajstić information content (AvgIpc) is 2.92. The van der Waals surface area contributed by atoms with Gasteiger partial charge in [0.25, 0.3) is 0 Å². The molecule has 0 saturated carbocycles. The summed E-state index contributed by atoms with van der Waals surface area (Å²) in [7, 11) is -1.53. The quantitative estimate of drug-likeness (QED) is 0.203. The van der Waals surface area contributed by atoms with Crippen LogP contribution in [-0.2, 0) is 0 Å². The second-order valence-corrected chi connectivity index (χ2v) is 13.6. The molecule has 0 aliphatic heterocycles. The number of fused-ring (bicyclic) bond motifs is 7. The minimum absolute atomic E-state index is 1.11. The van der Waals surface area contributed by atoms with Crippen molar-refractivity contribution in [3.8, 4) is 0 Å². The zero-order chi connectivity index (χ0) is 18.9. The Morgan fingerprint density at radius 2 is 1.56 bits per heavy atom. The predicted molar refractivity (Wildman–Crippen MR) is 120 cm³/mol. The van der Waals surface area contributed by atoms with Crippen molar-refractivity contribution in [2.45, 2.75) is 33.5 Å². The molecule has 0 aliphatic carbocycles. The first kappa shape index (κ1) is 16.5. The van der Waals surface area contributed by atoms with Crippen LogP contribution in [0.5, 0.6) is 0 Å². The van der Waals surface area contributed by atoms with Gasteiger partial charge in [0.05, 0.1) is 24.6 Å². The van der Waals surface area contributed by atoms with E-state index in [0.717, 1.165) is 5.52 Å². The van der Waals surface area contributed by atoms with Crippen LogP contribution in [0.4, 0.5) is 0 Å². The zero-order valence-corrected chi connectivity index (χ0v) is 17.6. The van der Waals surface area contributed by atoms with Gasteiger partial charge in [0, 0.05) is 22.7 Å². The second kappa shape index (κ2) is 5.43. The van der Waals surface area contributed by atoms with Gasteiger partial charge >= 0.3 is 0 Å². The van der Waals surface area contributed by atoms with Crippen LogP contribution in [0, 0.1) is 13.8 Å². The molecule has 5 aromatic rings. The third kappa shape index (κ3) is 2.21. The molecule has 0 saturated heterocycles. The monoisotopic (exact) mass is 368 g/mol. The molecule has 0 radical (unpaired) electrons. The van der Waals surface area contributed by atoms with Crippen LogP contribution in [0.2, 0.25) is 19.6 Å². The van der Waals surface area contributed by atoms with Gasteiger partial charge in [-0.15, -0.1) is 0 Å². The fraction of sp³-hybridized carbons (Fsp3) is 0.208.